The molecule has 0 aliphatic rings. The summed E-state index contributed by atoms with van der Waals surface area (Å²) in [6.45, 7) is 3.80. The topological polar surface area (TPSA) is 146 Å². The predicted octanol–water partition coefficient (Wildman–Crippen LogP) is 5.32. The van der Waals surface area contributed by atoms with Crippen LogP contribution in [0.3, 0.4) is 0 Å². The maximum Gasteiger partial charge on any atom is 0.261 e. The largest absolute Gasteiger partial charge is 0.398 e. The number of sulfone groups is 1. The van der Waals surface area contributed by atoms with Gasteiger partial charge in [0.05, 0.1) is 26.9 Å². The molecule has 0 spiro atoms. The first-order valence-electron chi connectivity index (χ1n) is 11.0. The van der Waals surface area contributed by atoms with E-state index in [4.69, 9.17) is 27.9 Å². The minimum absolute atomic E-state index is 0.0667. The molecule has 37 heavy (non-hydrogen) atoms. The molecule has 196 valence electrons. The Morgan fingerprint density at radius 3 is 1.32 bits per heavy atom. The van der Waals surface area contributed by atoms with Crippen LogP contribution in [-0.4, -0.2) is 16.8 Å². The van der Waals surface area contributed by atoms with E-state index in [1.807, 2.05) is 26.0 Å². The fourth-order valence-corrected chi connectivity index (χ4v) is 5.07. The molecule has 0 saturated carbocycles. The van der Waals surface area contributed by atoms with Gasteiger partial charge in [-0.1, -0.05) is 65.7 Å². The molecule has 0 aromatic heterocycles. The first-order valence-corrected chi connectivity index (χ1v) is 15.0. The van der Waals surface area contributed by atoms with Crippen LogP contribution < -0.4 is 17.2 Å². The van der Waals surface area contributed by atoms with Crippen LogP contribution >= 0.6 is 10.7 Å². The monoisotopic (exact) mass is 559 g/mol. The van der Waals surface area contributed by atoms with Crippen LogP contribution in [-0.2, 0) is 24.6 Å². The summed E-state index contributed by atoms with van der Waals surface area (Å²) in [6.07, 6.45) is 0. The van der Waals surface area contributed by atoms with Crippen LogP contribution in [0.5, 0.6) is 0 Å². The Kier molecular flexibility index (Phi) is 10.5. The van der Waals surface area contributed by atoms with Crippen LogP contribution in [0.15, 0.2) is 107 Å². The van der Waals surface area contributed by atoms with Crippen molar-refractivity contribution in [2.75, 3.05) is 17.2 Å². The molecule has 7 nitrogen and oxygen atoms in total. The molecule has 4 rings (SSSR count). The molecule has 0 aliphatic carbocycles. The van der Waals surface area contributed by atoms with Crippen LogP contribution in [0.1, 0.15) is 16.7 Å². The fourth-order valence-electron chi connectivity index (χ4n) is 2.91. The molecule has 0 heterocycles. The number of para-hydroxylation sites is 3. The average Bonchev–Trinajstić information content (AvgIpc) is 2.83. The van der Waals surface area contributed by atoms with Crippen molar-refractivity contribution >= 4 is 46.6 Å². The SMILES string of the molecule is Cc1ccc(S(=O)(=O)Cc2ccccc2N)cc1.Cc1ccc(S(=O)(=O)Cl)cc1.Nc1ccccc1N. The molecule has 10 heteroatoms. The number of hydrogen-bond donors (Lipinski definition) is 3. The smallest absolute Gasteiger partial charge is 0.261 e. The van der Waals surface area contributed by atoms with Crippen molar-refractivity contribution in [3.8, 4) is 0 Å². The van der Waals surface area contributed by atoms with E-state index < -0.39 is 18.9 Å². The minimum Gasteiger partial charge on any atom is -0.398 e. The molecule has 0 amide bonds. The molecule has 4 aromatic carbocycles. The van der Waals surface area contributed by atoms with E-state index in [-0.39, 0.29) is 10.6 Å². The Bertz CT molecular complexity index is 1500. The summed E-state index contributed by atoms with van der Waals surface area (Å²) in [5.74, 6) is -0.0667. The van der Waals surface area contributed by atoms with E-state index in [0.717, 1.165) is 11.1 Å². The highest BCUT2D eigenvalue weighted by atomic mass is 35.7. The third kappa shape index (κ3) is 9.80. The first kappa shape index (κ1) is 29.7. The van der Waals surface area contributed by atoms with Crippen molar-refractivity contribution in [3.63, 3.8) is 0 Å². The second kappa shape index (κ2) is 13.1. The molecule has 0 radical (unpaired) electrons. The van der Waals surface area contributed by atoms with E-state index in [0.29, 0.717) is 27.5 Å². The van der Waals surface area contributed by atoms with Gasteiger partial charge in [-0.25, -0.2) is 16.8 Å². The van der Waals surface area contributed by atoms with E-state index >= 15 is 0 Å². The van der Waals surface area contributed by atoms with E-state index in [1.54, 1.807) is 72.8 Å². The van der Waals surface area contributed by atoms with E-state index in [9.17, 15) is 16.8 Å². The van der Waals surface area contributed by atoms with Crippen molar-refractivity contribution < 1.29 is 16.8 Å². The van der Waals surface area contributed by atoms with Crippen LogP contribution in [0, 0.1) is 13.8 Å². The lowest BCUT2D eigenvalue weighted by Crippen LogP contribution is -2.06. The van der Waals surface area contributed by atoms with Crippen LogP contribution in [0.25, 0.3) is 0 Å². The van der Waals surface area contributed by atoms with Gasteiger partial charge in [0.1, 0.15) is 0 Å². The van der Waals surface area contributed by atoms with Crippen LogP contribution in [0.2, 0.25) is 0 Å². The molecule has 0 fully saturated rings. The number of aryl methyl sites for hydroxylation is 2. The summed E-state index contributed by atoms with van der Waals surface area (Å²) < 4.78 is 45.8. The van der Waals surface area contributed by atoms with E-state index in [1.165, 1.54) is 12.1 Å². The second-order valence-electron chi connectivity index (χ2n) is 8.15. The second-order valence-corrected chi connectivity index (χ2v) is 12.7. The normalized spacial score (nSPS) is 10.9. The third-order valence-corrected chi connectivity index (χ3v) is 8.13. The number of hydrogen-bond acceptors (Lipinski definition) is 7. The molecule has 6 N–H and O–H groups in total. The Morgan fingerprint density at radius 1 is 0.568 bits per heavy atom. The Labute approximate surface area is 223 Å². The standard InChI is InChI=1S/C14H15NO2S.C7H7ClO2S.C6H8N2/c1-11-6-8-13(9-7-11)18(16,17)10-12-4-2-3-5-14(12)15;1-6-2-4-7(5-3-6)11(8,9)10;7-5-3-1-2-4-6(5)8/h2-9H,10,15H2,1H3;2-5H,1H3;1-4H,7-8H2. The number of nitrogen functional groups attached to an aromatic ring is 3. The number of anilines is 3. The molecule has 0 bridgehead atoms. The van der Waals surface area contributed by atoms with Gasteiger partial charge >= 0.3 is 0 Å². The molecule has 0 aliphatic heterocycles. The summed E-state index contributed by atoms with van der Waals surface area (Å²) in [5, 5.41) is 0. The lowest BCUT2D eigenvalue weighted by Gasteiger charge is -2.07. The fraction of sp³-hybridized carbons (Fsp3) is 0.111. The van der Waals surface area contributed by atoms with Crippen molar-refractivity contribution in [1.29, 1.82) is 0 Å². The van der Waals surface area contributed by atoms with Crippen molar-refractivity contribution in [3.05, 3.63) is 114 Å². The zero-order chi connectivity index (χ0) is 27.6. The van der Waals surface area contributed by atoms with Crippen molar-refractivity contribution in [1.82, 2.24) is 0 Å². The highest BCUT2D eigenvalue weighted by molar-refractivity contribution is 8.13. The molecule has 4 aromatic rings. The van der Waals surface area contributed by atoms with Gasteiger partial charge in [0, 0.05) is 16.4 Å². The highest BCUT2D eigenvalue weighted by Gasteiger charge is 2.16. The molecular formula is C27H30ClN3O4S2. The van der Waals surface area contributed by atoms with Crippen LogP contribution in [0.4, 0.5) is 17.1 Å². The number of nitrogens with two attached hydrogens (primary N) is 3. The van der Waals surface area contributed by atoms with Gasteiger partial charge in [-0.2, -0.15) is 0 Å². The van der Waals surface area contributed by atoms with Gasteiger partial charge < -0.3 is 17.2 Å². The lowest BCUT2D eigenvalue weighted by atomic mass is 10.2. The Morgan fingerprint density at radius 2 is 0.946 bits per heavy atom. The summed E-state index contributed by atoms with van der Waals surface area (Å²) in [6, 6.07) is 27.5. The number of benzene rings is 4. The zero-order valence-electron chi connectivity index (χ0n) is 20.5. The van der Waals surface area contributed by atoms with Crippen molar-refractivity contribution in [2.24, 2.45) is 0 Å². The molecule has 0 atom stereocenters. The Hall–Kier alpha value is -3.53. The van der Waals surface area contributed by atoms with Gasteiger partial charge in [-0.05, 0) is 61.9 Å². The van der Waals surface area contributed by atoms with Gasteiger partial charge in [0.15, 0.2) is 9.84 Å². The first-order chi connectivity index (χ1) is 17.3. The molecule has 0 saturated heterocycles. The van der Waals surface area contributed by atoms with Gasteiger partial charge in [-0.15, -0.1) is 0 Å². The lowest BCUT2D eigenvalue weighted by molar-refractivity contribution is 0.595. The van der Waals surface area contributed by atoms with Gasteiger partial charge in [0.25, 0.3) is 9.05 Å². The average molecular weight is 560 g/mol. The molecular weight excluding hydrogens is 530 g/mol. The zero-order valence-corrected chi connectivity index (χ0v) is 22.9. The van der Waals surface area contributed by atoms with E-state index in [2.05, 4.69) is 0 Å². The highest BCUT2D eigenvalue weighted by Crippen LogP contribution is 2.20. The molecule has 0 unspecified atom stereocenters. The van der Waals surface area contributed by atoms with Gasteiger partial charge in [-0.3, -0.25) is 0 Å². The summed E-state index contributed by atoms with van der Waals surface area (Å²) in [5.41, 5.74) is 21.0. The maximum absolute atomic E-state index is 12.2. The summed E-state index contributed by atoms with van der Waals surface area (Å²) in [4.78, 5) is 0.473. The summed E-state index contributed by atoms with van der Waals surface area (Å²) in [7, 11) is -1.80. The maximum atomic E-state index is 12.2. The third-order valence-electron chi connectivity index (χ3n) is 5.08. The predicted molar refractivity (Wildman–Crippen MR) is 152 cm³/mol. The van der Waals surface area contributed by atoms with Crippen molar-refractivity contribution in [2.45, 2.75) is 29.4 Å². The summed E-state index contributed by atoms with van der Waals surface area (Å²) >= 11 is 0. The Balaban J connectivity index is 0.000000215. The minimum atomic E-state index is -3.55. The van der Waals surface area contributed by atoms with Gasteiger partial charge in [0.2, 0.25) is 0 Å². The number of rotatable bonds is 4. The quantitative estimate of drug-likeness (QED) is 0.226. The number of halogens is 1.